The van der Waals surface area contributed by atoms with Gasteiger partial charge in [0.15, 0.2) is 0 Å². The fourth-order valence-corrected chi connectivity index (χ4v) is 1.56. The van der Waals surface area contributed by atoms with Crippen molar-refractivity contribution in [1.29, 1.82) is 0 Å². The van der Waals surface area contributed by atoms with Gasteiger partial charge in [0.25, 0.3) is 0 Å². The topological polar surface area (TPSA) is 38.0 Å². The highest BCUT2D eigenvalue weighted by molar-refractivity contribution is 9.10. The Balaban J connectivity index is 3.13. The summed E-state index contributed by atoms with van der Waals surface area (Å²) >= 11 is 3.14. The van der Waals surface area contributed by atoms with Gasteiger partial charge in [0.1, 0.15) is 5.82 Å². The van der Waals surface area contributed by atoms with E-state index in [0.717, 1.165) is 5.56 Å². The highest BCUT2D eigenvalue weighted by Gasteiger charge is 2.11. The molecular weight excluding hydrogens is 235 g/mol. The van der Waals surface area contributed by atoms with Crippen molar-refractivity contribution in [2.75, 3.05) is 0 Å². The molecule has 4 heteroatoms. The Morgan fingerprint density at radius 3 is 2.85 bits per heavy atom. The minimum atomic E-state index is -0.306. The van der Waals surface area contributed by atoms with Crippen molar-refractivity contribution in [2.24, 2.45) is 5.84 Å². The maximum atomic E-state index is 13.1. The zero-order valence-corrected chi connectivity index (χ0v) is 8.51. The maximum Gasteiger partial charge on any atom is 0.137 e. The molecule has 1 unspecified atom stereocenters. The van der Waals surface area contributed by atoms with Crippen molar-refractivity contribution < 1.29 is 4.39 Å². The van der Waals surface area contributed by atoms with E-state index < -0.39 is 0 Å². The molecule has 1 aromatic rings. The van der Waals surface area contributed by atoms with Gasteiger partial charge in [-0.05, 0) is 27.6 Å². The lowest BCUT2D eigenvalue weighted by Crippen LogP contribution is -2.26. The van der Waals surface area contributed by atoms with Gasteiger partial charge in [-0.1, -0.05) is 18.2 Å². The Bertz CT molecular complexity index is 314. The fourth-order valence-electron chi connectivity index (χ4n) is 1.05. The highest BCUT2D eigenvalue weighted by Crippen LogP contribution is 2.25. The summed E-state index contributed by atoms with van der Waals surface area (Å²) in [6.45, 7) is 3.59. The molecule has 0 heterocycles. The van der Waals surface area contributed by atoms with Crippen molar-refractivity contribution >= 4 is 15.9 Å². The molecule has 0 aliphatic heterocycles. The van der Waals surface area contributed by atoms with Crippen molar-refractivity contribution in [3.63, 3.8) is 0 Å². The Morgan fingerprint density at radius 2 is 2.31 bits per heavy atom. The van der Waals surface area contributed by atoms with Gasteiger partial charge in [-0.3, -0.25) is 5.84 Å². The Labute approximate surface area is 84.7 Å². The maximum absolute atomic E-state index is 13.1. The lowest BCUT2D eigenvalue weighted by Gasteiger charge is -2.13. The molecule has 13 heavy (non-hydrogen) atoms. The molecule has 0 aliphatic carbocycles. The Kier molecular flexibility index (Phi) is 3.59. The number of halogens is 2. The second kappa shape index (κ2) is 4.50. The van der Waals surface area contributed by atoms with Crippen LogP contribution in [0.2, 0.25) is 0 Å². The molecule has 0 aliphatic rings. The van der Waals surface area contributed by atoms with E-state index in [-0.39, 0.29) is 11.9 Å². The van der Waals surface area contributed by atoms with Crippen LogP contribution in [0.5, 0.6) is 0 Å². The smallest absolute Gasteiger partial charge is 0.137 e. The van der Waals surface area contributed by atoms with E-state index in [1.807, 2.05) is 0 Å². The monoisotopic (exact) mass is 244 g/mol. The van der Waals surface area contributed by atoms with Crippen LogP contribution in [-0.2, 0) is 0 Å². The second-order valence-electron chi connectivity index (χ2n) is 2.52. The SMILES string of the molecule is C=CC(NN)c1cccc(F)c1Br. The van der Waals surface area contributed by atoms with Crippen LogP contribution in [0, 0.1) is 5.82 Å². The largest absolute Gasteiger partial charge is 0.271 e. The second-order valence-corrected chi connectivity index (χ2v) is 3.32. The first-order valence-corrected chi connectivity index (χ1v) is 4.52. The molecule has 1 aromatic carbocycles. The highest BCUT2D eigenvalue weighted by atomic mass is 79.9. The zero-order valence-electron chi connectivity index (χ0n) is 6.93. The van der Waals surface area contributed by atoms with Gasteiger partial charge < -0.3 is 0 Å². The van der Waals surface area contributed by atoms with E-state index in [4.69, 9.17) is 5.84 Å². The summed E-state index contributed by atoms with van der Waals surface area (Å²) in [5.74, 6) is 4.96. The molecule has 0 aromatic heterocycles. The molecule has 0 spiro atoms. The third-order valence-electron chi connectivity index (χ3n) is 1.73. The van der Waals surface area contributed by atoms with E-state index in [1.165, 1.54) is 6.07 Å². The number of hydrogen-bond acceptors (Lipinski definition) is 2. The summed E-state index contributed by atoms with van der Waals surface area (Å²) < 4.78 is 13.5. The molecule has 0 fully saturated rings. The van der Waals surface area contributed by atoms with Crippen LogP contribution in [0.25, 0.3) is 0 Å². The summed E-state index contributed by atoms with van der Waals surface area (Å²) in [5, 5.41) is 0. The molecule has 0 radical (unpaired) electrons. The first-order chi connectivity index (χ1) is 6.20. The molecule has 0 bridgehead atoms. The normalized spacial score (nSPS) is 12.5. The van der Waals surface area contributed by atoms with E-state index in [9.17, 15) is 4.39 Å². The first kappa shape index (κ1) is 10.4. The van der Waals surface area contributed by atoms with E-state index in [1.54, 1.807) is 18.2 Å². The third kappa shape index (κ3) is 2.15. The van der Waals surface area contributed by atoms with Gasteiger partial charge in [-0.25, -0.2) is 9.82 Å². The van der Waals surface area contributed by atoms with Crippen LogP contribution in [-0.4, -0.2) is 0 Å². The summed E-state index contributed by atoms with van der Waals surface area (Å²) in [5.41, 5.74) is 3.26. The van der Waals surface area contributed by atoms with E-state index >= 15 is 0 Å². The minimum absolute atomic E-state index is 0.245. The number of hydrogen-bond donors (Lipinski definition) is 2. The molecule has 0 amide bonds. The average molecular weight is 245 g/mol. The van der Waals surface area contributed by atoms with Gasteiger partial charge in [-0.2, -0.15) is 0 Å². The summed E-state index contributed by atoms with van der Waals surface area (Å²) in [7, 11) is 0. The predicted octanol–water partition coefficient (Wildman–Crippen LogP) is 2.28. The predicted molar refractivity (Wildman–Crippen MR) is 54.4 cm³/mol. The van der Waals surface area contributed by atoms with Crippen molar-refractivity contribution in [3.8, 4) is 0 Å². The minimum Gasteiger partial charge on any atom is -0.271 e. The van der Waals surface area contributed by atoms with Gasteiger partial charge in [0.05, 0.1) is 10.5 Å². The lowest BCUT2D eigenvalue weighted by molar-refractivity contribution is 0.603. The summed E-state index contributed by atoms with van der Waals surface area (Å²) in [6.07, 6.45) is 1.61. The standard InChI is InChI=1S/C9H10BrFN2/c1-2-8(13-12)6-4-3-5-7(11)9(6)10/h2-5,8,13H,1,12H2. The van der Waals surface area contributed by atoms with Crippen LogP contribution in [0.1, 0.15) is 11.6 Å². The number of rotatable bonds is 3. The van der Waals surface area contributed by atoms with Crippen molar-refractivity contribution in [3.05, 3.63) is 46.7 Å². The van der Waals surface area contributed by atoms with Crippen LogP contribution < -0.4 is 11.3 Å². The molecular formula is C9H10BrFN2. The Hall–Kier alpha value is -0.710. The van der Waals surface area contributed by atoms with E-state index in [0.29, 0.717) is 4.47 Å². The Morgan fingerprint density at radius 1 is 1.62 bits per heavy atom. The van der Waals surface area contributed by atoms with Gasteiger partial charge in [0.2, 0.25) is 0 Å². The zero-order chi connectivity index (χ0) is 9.84. The number of nitrogens with two attached hydrogens (primary N) is 1. The number of nitrogens with one attached hydrogen (secondary N) is 1. The van der Waals surface area contributed by atoms with Crippen LogP contribution in [0.4, 0.5) is 4.39 Å². The van der Waals surface area contributed by atoms with Crippen LogP contribution >= 0.6 is 15.9 Å². The van der Waals surface area contributed by atoms with Gasteiger partial charge in [0, 0.05) is 0 Å². The molecule has 2 nitrogen and oxygen atoms in total. The number of hydrazine groups is 1. The molecule has 1 atom stereocenters. The summed E-state index contributed by atoms with van der Waals surface area (Å²) in [4.78, 5) is 0. The van der Waals surface area contributed by atoms with Crippen molar-refractivity contribution in [2.45, 2.75) is 6.04 Å². The first-order valence-electron chi connectivity index (χ1n) is 3.73. The third-order valence-corrected chi connectivity index (χ3v) is 2.57. The van der Waals surface area contributed by atoms with E-state index in [2.05, 4.69) is 27.9 Å². The lowest BCUT2D eigenvalue weighted by atomic mass is 10.1. The average Bonchev–Trinajstić information content (AvgIpc) is 2.14. The molecule has 1 rings (SSSR count). The van der Waals surface area contributed by atoms with Crippen LogP contribution in [0.3, 0.4) is 0 Å². The molecule has 3 N–H and O–H groups in total. The molecule has 0 saturated carbocycles. The summed E-state index contributed by atoms with van der Waals surface area (Å²) in [6, 6.07) is 4.54. The fraction of sp³-hybridized carbons (Fsp3) is 0.111. The molecule has 70 valence electrons. The van der Waals surface area contributed by atoms with Gasteiger partial charge >= 0.3 is 0 Å². The number of benzene rings is 1. The van der Waals surface area contributed by atoms with Crippen LogP contribution in [0.15, 0.2) is 35.3 Å². The van der Waals surface area contributed by atoms with Crippen molar-refractivity contribution in [1.82, 2.24) is 5.43 Å². The van der Waals surface area contributed by atoms with Gasteiger partial charge in [-0.15, -0.1) is 6.58 Å². The molecule has 0 saturated heterocycles. The quantitative estimate of drug-likeness (QED) is 0.487.